The van der Waals surface area contributed by atoms with Crippen LogP contribution in [0, 0.1) is 6.92 Å². The van der Waals surface area contributed by atoms with E-state index in [0.29, 0.717) is 11.6 Å². The van der Waals surface area contributed by atoms with Gasteiger partial charge in [0.05, 0.1) is 11.6 Å². The number of benzene rings is 1. The molecule has 0 bridgehead atoms. The molecule has 0 saturated carbocycles. The van der Waals surface area contributed by atoms with Crippen molar-refractivity contribution >= 4 is 11.6 Å². The van der Waals surface area contributed by atoms with Gasteiger partial charge in [0.15, 0.2) is 0 Å². The van der Waals surface area contributed by atoms with Crippen molar-refractivity contribution < 1.29 is 9.94 Å². The highest BCUT2D eigenvalue weighted by Gasteiger charge is 2.04. The Morgan fingerprint density at radius 1 is 1.58 bits per heavy atom. The van der Waals surface area contributed by atoms with Gasteiger partial charge in [0.25, 0.3) is 0 Å². The first-order valence-corrected chi connectivity index (χ1v) is 3.82. The quantitative estimate of drug-likeness (QED) is 0.694. The van der Waals surface area contributed by atoms with Crippen LogP contribution in [0.5, 0.6) is 5.75 Å². The van der Waals surface area contributed by atoms with Gasteiger partial charge in [0.2, 0.25) is 0 Å². The van der Waals surface area contributed by atoms with Crippen molar-refractivity contribution in [2.75, 3.05) is 0 Å². The Balaban J connectivity index is 3.04. The van der Waals surface area contributed by atoms with Gasteiger partial charge in [0.1, 0.15) is 5.75 Å². The standard InChI is InChI=1S/C8H10ClNO2/c1-5-2-6(4-12-10)3-7(9)8(5)11/h2-3,11H,4,10H2,1H3. The van der Waals surface area contributed by atoms with Gasteiger partial charge < -0.3 is 5.11 Å². The predicted molar refractivity (Wildman–Crippen MR) is 46.8 cm³/mol. The van der Waals surface area contributed by atoms with Crippen LogP contribution in [-0.2, 0) is 11.4 Å². The van der Waals surface area contributed by atoms with Gasteiger partial charge in [-0.15, -0.1) is 0 Å². The van der Waals surface area contributed by atoms with Gasteiger partial charge in [0, 0.05) is 0 Å². The molecule has 0 saturated heterocycles. The summed E-state index contributed by atoms with van der Waals surface area (Å²) >= 11 is 5.71. The molecule has 12 heavy (non-hydrogen) atoms. The summed E-state index contributed by atoms with van der Waals surface area (Å²) in [5.74, 6) is 5.00. The zero-order chi connectivity index (χ0) is 9.14. The van der Waals surface area contributed by atoms with Crippen LogP contribution in [0.15, 0.2) is 12.1 Å². The third kappa shape index (κ3) is 1.88. The third-order valence-electron chi connectivity index (χ3n) is 1.56. The van der Waals surface area contributed by atoms with Crippen LogP contribution in [0.2, 0.25) is 5.02 Å². The molecule has 0 aliphatic heterocycles. The molecule has 0 amide bonds. The number of aromatic hydroxyl groups is 1. The molecule has 0 aliphatic rings. The highest BCUT2D eigenvalue weighted by Crippen LogP contribution is 2.28. The molecule has 0 aromatic heterocycles. The summed E-state index contributed by atoms with van der Waals surface area (Å²) in [6, 6.07) is 3.39. The third-order valence-corrected chi connectivity index (χ3v) is 1.85. The molecule has 0 unspecified atom stereocenters. The molecule has 3 nitrogen and oxygen atoms in total. The smallest absolute Gasteiger partial charge is 0.137 e. The summed E-state index contributed by atoms with van der Waals surface area (Å²) in [4.78, 5) is 4.44. The van der Waals surface area contributed by atoms with Crippen LogP contribution >= 0.6 is 11.6 Å². The fourth-order valence-electron chi connectivity index (χ4n) is 0.987. The minimum Gasteiger partial charge on any atom is -0.506 e. The summed E-state index contributed by atoms with van der Waals surface area (Å²) in [7, 11) is 0. The van der Waals surface area contributed by atoms with E-state index in [4.69, 9.17) is 17.5 Å². The Hall–Kier alpha value is -0.770. The maximum Gasteiger partial charge on any atom is 0.137 e. The van der Waals surface area contributed by atoms with Gasteiger partial charge in [-0.1, -0.05) is 11.6 Å². The Kier molecular flexibility index (Phi) is 2.92. The average Bonchev–Trinajstić information content (AvgIpc) is 2.01. The van der Waals surface area contributed by atoms with E-state index in [2.05, 4.69) is 4.84 Å². The molecule has 0 radical (unpaired) electrons. The van der Waals surface area contributed by atoms with Gasteiger partial charge in [-0.2, -0.15) is 0 Å². The fraction of sp³-hybridized carbons (Fsp3) is 0.250. The lowest BCUT2D eigenvalue weighted by Crippen LogP contribution is -1.99. The molecule has 1 aromatic carbocycles. The van der Waals surface area contributed by atoms with Crippen molar-refractivity contribution in [2.24, 2.45) is 5.90 Å². The monoisotopic (exact) mass is 187 g/mol. The topological polar surface area (TPSA) is 55.5 Å². The van der Waals surface area contributed by atoms with Crippen LogP contribution < -0.4 is 5.90 Å². The number of phenolic OH excluding ortho intramolecular Hbond substituents is 1. The van der Waals surface area contributed by atoms with Crippen molar-refractivity contribution in [3.63, 3.8) is 0 Å². The molecular weight excluding hydrogens is 178 g/mol. The molecule has 1 rings (SSSR count). The van der Waals surface area contributed by atoms with Crippen LogP contribution in [0.4, 0.5) is 0 Å². The van der Waals surface area contributed by atoms with E-state index in [0.717, 1.165) is 11.1 Å². The molecule has 1 aromatic rings. The first-order valence-electron chi connectivity index (χ1n) is 3.45. The fourth-order valence-corrected chi connectivity index (χ4v) is 1.28. The second-order valence-electron chi connectivity index (χ2n) is 2.55. The molecule has 66 valence electrons. The van der Waals surface area contributed by atoms with E-state index < -0.39 is 0 Å². The lowest BCUT2D eigenvalue weighted by Gasteiger charge is -2.04. The molecule has 4 heteroatoms. The maximum absolute atomic E-state index is 9.29. The van der Waals surface area contributed by atoms with E-state index in [9.17, 15) is 5.11 Å². The van der Waals surface area contributed by atoms with Crippen LogP contribution in [-0.4, -0.2) is 5.11 Å². The SMILES string of the molecule is Cc1cc(CON)cc(Cl)c1O. The summed E-state index contributed by atoms with van der Waals surface area (Å²) < 4.78 is 0. The number of aryl methyl sites for hydroxylation is 1. The Morgan fingerprint density at radius 2 is 2.25 bits per heavy atom. The van der Waals surface area contributed by atoms with Crippen LogP contribution in [0.25, 0.3) is 0 Å². The van der Waals surface area contributed by atoms with Crippen LogP contribution in [0.1, 0.15) is 11.1 Å². The van der Waals surface area contributed by atoms with E-state index >= 15 is 0 Å². The number of halogens is 1. The normalized spacial score (nSPS) is 10.2. The molecule has 3 N–H and O–H groups in total. The zero-order valence-corrected chi connectivity index (χ0v) is 7.43. The van der Waals surface area contributed by atoms with E-state index in [1.807, 2.05) is 0 Å². The second-order valence-corrected chi connectivity index (χ2v) is 2.96. The highest BCUT2D eigenvalue weighted by atomic mass is 35.5. The molecule has 0 aliphatic carbocycles. The van der Waals surface area contributed by atoms with Crippen LogP contribution in [0.3, 0.4) is 0 Å². The van der Waals surface area contributed by atoms with Crippen molar-refractivity contribution in [2.45, 2.75) is 13.5 Å². The number of hydrogen-bond acceptors (Lipinski definition) is 3. The Bertz CT molecular complexity index is 265. The largest absolute Gasteiger partial charge is 0.506 e. The molecule has 0 spiro atoms. The number of phenols is 1. The average molecular weight is 188 g/mol. The summed E-state index contributed by atoms with van der Waals surface area (Å²) in [5.41, 5.74) is 1.56. The summed E-state index contributed by atoms with van der Waals surface area (Å²) in [5, 5.41) is 9.62. The predicted octanol–water partition coefficient (Wildman–Crippen LogP) is 1.74. The van der Waals surface area contributed by atoms with E-state index in [-0.39, 0.29) is 5.75 Å². The number of rotatable bonds is 2. The Labute approximate surface area is 75.7 Å². The Morgan fingerprint density at radius 3 is 2.75 bits per heavy atom. The minimum atomic E-state index is 0.109. The molecule has 0 fully saturated rings. The first-order chi connectivity index (χ1) is 5.65. The highest BCUT2D eigenvalue weighted by molar-refractivity contribution is 6.32. The maximum atomic E-state index is 9.29. The van der Waals surface area contributed by atoms with Crippen molar-refractivity contribution in [1.29, 1.82) is 0 Å². The second kappa shape index (κ2) is 3.76. The van der Waals surface area contributed by atoms with E-state index in [1.54, 1.807) is 19.1 Å². The zero-order valence-electron chi connectivity index (χ0n) is 6.67. The lowest BCUT2D eigenvalue weighted by atomic mass is 10.1. The van der Waals surface area contributed by atoms with Crippen molar-refractivity contribution in [3.8, 4) is 5.75 Å². The lowest BCUT2D eigenvalue weighted by molar-refractivity contribution is 0.124. The van der Waals surface area contributed by atoms with E-state index in [1.165, 1.54) is 0 Å². The van der Waals surface area contributed by atoms with Gasteiger partial charge in [-0.3, -0.25) is 4.84 Å². The molecule has 0 atom stereocenters. The number of hydrogen-bond donors (Lipinski definition) is 2. The minimum absolute atomic E-state index is 0.109. The van der Waals surface area contributed by atoms with Gasteiger partial charge in [-0.25, -0.2) is 5.90 Å². The summed E-state index contributed by atoms with van der Waals surface area (Å²) in [6.07, 6.45) is 0. The van der Waals surface area contributed by atoms with Crippen molar-refractivity contribution in [3.05, 3.63) is 28.3 Å². The van der Waals surface area contributed by atoms with Crippen molar-refractivity contribution in [1.82, 2.24) is 0 Å². The molecule has 0 heterocycles. The van der Waals surface area contributed by atoms with Gasteiger partial charge >= 0.3 is 0 Å². The van der Waals surface area contributed by atoms with Gasteiger partial charge in [-0.05, 0) is 30.2 Å². The molecular formula is C8H10ClNO2. The number of nitrogens with two attached hydrogens (primary N) is 1. The summed E-state index contributed by atoms with van der Waals surface area (Å²) in [6.45, 7) is 2.06. The first kappa shape index (κ1) is 9.32.